The summed E-state index contributed by atoms with van der Waals surface area (Å²) in [5, 5.41) is 2.95. The highest BCUT2D eigenvalue weighted by Gasteiger charge is 2.16. The Morgan fingerprint density at radius 3 is 2.32 bits per heavy atom. The molecule has 3 aromatic rings. The van der Waals surface area contributed by atoms with E-state index in [0.717, 1.165) is 16.9 Å². The lowest BCUT2D eigenvalue weighted by Gasteiger charge is -2.12. The average molecular weight is 459 g/mol. The minimum atomic E-state index is -3.77. The fourth-order valence-corrected chi connectivity index (χ4v) is 4.30. The van der Waals surface area contributed by atoms with Gasteiger partial charge in [-0.3, -0.25) is 9.52 Å². The standard InChI is InChI=1S/C23H23ClN2O4S/c1-16-12-17(2)14-19(13-16)30-11-10-25-23(27)21-15-18(8-9-22(21)24)26-31(28,29)20-6-4-3-5-7-20/h3-9,12-15,26H,10-11H2,1-2H3,(H,25,27). The maximum absolute atomic E-state index is 12.5. The van der Waals surface area contributed by atoms with Crippen molar-refractivity contribution >= 4 is 33.2 Å². The molecule has 0 bridgehead atoms. The van der Waals surface area contributed by atoms with Gasteiger partial charge >= 0.3 is 0 Å². The number of nitrogens with one attached hydrogen (secondary N) is 2. The van der Waals surface area contributed by atoms with Gasteiger partial charge in [0.05, 0.1) is 22.0 Å². The lowest BCUT2D eigenvalue weighted by atomic mass is 10.1. The van der Waals surface area contributed by atoms with Gasteiger partial charge in [0.1, 0.15) is 12.4 Å². The lowest BCUT2D eigenvalue weighted by molar-refractivity contribution is 0.0947. The molecule has 0 fully saturated rings. The van der Waals surface area contributed by atoms with Crippen LogP contribution in [0.3, 0.4) is 0 Å². The second-order valence-corrected chi connectivity index (χ2v) is 9.13. The number of amides is 1. The van der Waals surface area contributed by atoms with E-state index in [1.165, 1.54) is 30.3 Å². The van der Waals surface area contributed by atoms with Crippen molar-refractivity contribution in [1.82, 2.24) is 5.32 Å². The molecule has 162 valence electrons. The van der Waals surface area contributed by atoms with Crippen molar-refractivity contribution in [3.63, 3.8) is 0 Å². The van der Waals surface area contributed by atoms with Crippen molar-refractivity contribution in [1.29, 1.82) is 0 Å². The van der Waals surface area contributed by atoms with Gasteiger partial charge in [0.15, 0.2) is 0 Å². The van der Waals surface area contributed by atoms with Gasteiger partial charge in [0.25, 0.3) is 15.9 Å². The van der Waals surface area contributed by atoms with E-state index in [0.29, 0.717) is 0 Å². The van der Waals surface area contributed by atoms with Crippen LogP contribution < -0.4 is 14.8 Å². The lowest BCUT2D eigenvalue weighted by Crippen LogP contribution is -2.28. The highest BCUT2D eigenvalue weighted by atomic mass is 35.5. The van der Waals surface area contributed by atoms with Crippen LogP contribution in [-0.2, 0) is 10.0 Å². The molecule has 0 spiro atoms. The number of halogens is 1. The third kappa shape index (κ3) is 6.23. The van der Waals surface area contributed by atoms with E-state index in [-0.39, 0.29) is 34.3 Å². The minimum absolute atomic E-state index is 0.125. The Morgan fingerprint density at radius 1 is 0.968 bits per heavy atom. The number of carbonyl (C=O) groups excluding carboxylic acids is 1. The van der Waals surface area contributed by atoms with Gasteiger partial charge in [-0.25, -0.2) is 8.42 Å². The van der Waals surface area contributed by atoms with Gasteiger partial charge in [0.2, 0.25) is 0 Å². The number of sulfonamides is 1. The zero-order valence-corrected chi connectivity index (χ0v) is 18.8. The topological polar surface area (TPSA) is 84.5 Å². The van der Waals surface area contributed by atoms with Crippen LogP contribution in [0, 0.1) is 13.8 Å². The summed E-state index contributed by atoms with van der Waals surface area (Å²) in [5.41, 5.74) is 2.60. The number of carbonyl (C=O) groups is 1. The first-order chi connectivity index (χ1) is 14.7. The second-order valence-electron chi connectivity index (χ2n) is 7.04. The monoisotopic (exact) mass is 458 g/mol. The number of hydrogen-bond donors (Lipinski definition) is 2. The molecular weight excluding hydrogens is 436 g/mol. The van der Waals surface area contributed by atoms with Gasteiger partial charge in [-0.05, 0) is 67.4 Å². The highest BCUT2D eigenvalue weighted by Crippen LogP contribution is 2.23. The largest absolute Gasteiger partial charge is 0.492 e. The smallest absolute Gasteiger partial charge is 0.261 e. The maximum Gasteiger partial charge on any atom is 0.261 e. The first-order valence-corrected chi connectivity index (χ1v) is 11.5. The molecule has 1 amide bonds. The van der Waals surface area contributed by atoms with E-state index in [1.54, 1.807) is 18.2 Å². The summed E-state index contributed by atoms with van der Waals surface area (Å²) in [6.45, 7) is 4.53. The summed E-state index contributed by atoms with van der Waals surface area (Å²) < 4.78 is 33.1. The Bertz CT molecular complexity index is 1160. The quantitative estimate of drug-likeness (QED) is 0.484. The van der Waals surface area contributed by atoms with Crippen LogP contribution >= 0.6 is 11.6 Å². The van der Waals surface area contributed by atoms with E-state index in [9.17, 15) is 13.2 Å². The summed E-state index contributed by atoms with van der Waals surface area (Å²) in [6, 6.07) is 18.3. The van der Waals surface area contributed by atoms with E-state index >= 15 is 0 Å². The highest BCUT2D eigenvalue weighted by molar-refractivity contribution is 7.92. The van der Waals surface area contributed by atoms with Crippen molar-refractivity contribution in [2.75, 3.05) is 17.9 Å². The van der Waals surface area contributed by atoms with Crippen molar-refractivity contribution in [3.8, 4) is 5.75 Å². The first-order valence-electron chi connectivity index (χ1n) is 9.61. The van der Waals surface area contributed by atoms with Gasteiger partial charge < -0.3 is 10.1 Å². The fourth-order valence-electron chi connectivity index (χ4n) is 3.02. The molecular formula is C23H23ClN2O4S. The van der Waals surface area contributed by atoms with E-state index in [2.05, 4.69) is 16.1 Å². The molecule has 0 aliphatic rings. The summed E-state index contributed by atoms with van der Waals surface area (Å²) >= 11 is 6.15. The van der Waals surface area contributed by atoms with Crippen molar-refractivity contribution < 1.29 is 17.9 Å². The van der Waals surface area contributed by atoms with Gasteiger partial charge in [-0.1, -0.05) is 35.9 Å². The van der Waals surface area contributed by atoms with Crippen LogP contribution in [0.25, 0.3) is 0 Å². The molecule has 0 aliphatic carbocycles. The van der Waals surface area contributed by atoms with Gasteiger partial charge in [-0.2, -0.15) is 0 Å². The van der Waals surface area contributed by atoms with Crippen LogP contribution in [0.5, 0.6) is 5.75 Å². The summed E-state index contributed by atoms with van der Waals surface area (Å²) in [7, 11) is -3.77. The minimum Gasteiger partial charge on any atom is -0.492 e. The zero-order valence-electron chi connectivity index (χ0n) is 17.2. The third-order valence-electron chi connectivity index (χ3n) is 4.37. The second kappa shape index (κ2) is 9.85. The van der Waals surface area contributed by atoms with Crippen LogP contribution in [0.4, 0.5) is 5.69 Å². The number of hydrogen-bond acceptors (Lipinski definition) is 4. The zero-order chi connectivity index (χ0) is 22.4. The van der Waals surface area contributed by atoms with Crippen LogP contribution in [0.2, 0.25) is 5.02 Å². The van der Waals surface area contributed by atoms with Crippen LogP contribution in [0.15, 0.2) is 71.6 Å². The molecule has 2 N–H and O–H groups in total. The first kappa shape index (κ1) is 22.7. The summed E-state index contributed by atoms with van der Waals surface area (Å²) in [4.78, 5) is 12.7. The van der Waals surface area contributed by atoms with Crippen molar-refractivity contribution in [2.24, 2.45) is 0 Å². The molecule has 8 heteroatoms. The Morgan fingerprint density at radius 2 is 1.65 bits per heavy atom. The number of anilines is 1. The molecule has 0 radical (unpaired) electrons. The molecule has 31 heavy (non-hydrogen) atoms. The summed E-state index contributed by atoms with van der Waals surface area (Å²) in [5.74, 6) is 0.317. The number of ether oxygens (including phenoxy) is 1. The molecule has 0 saturated carbocycles. The van der Waals surface area contributed by atoms with Crippen molar-refractivity contribution in [3.05, 3.63) is 88.4 Å². The van der Waals surface area contributed by atoms with Gasteiger partial charge in [-0.15, -0.1) is 0 Å². The van der Waals surface area contributed by atoms with Gasteiger partial charge in [0, 0.05) is 5.69 Å². The van der Waals surface area contributed by atoms with E-state index < -0.39 is 15.9 Å². The molecule has 0 saturated heterocycles. The third-order valence-corrected chi connectivity index (χ3v) is 6.10. The summed E-state index contributed by atoms with van der Waals surface area (Å²) in [6.07, 6.45) is 0. The van der Waals surface area contributed by atoms with Crippen molar-refractivity contribution in [2.45, 2.75) is 18.7 Å². The van der Waals surface area contributed by atoms with E-state index in [4.69, 9.17) is 16.3 Å². The Kier molecular flexibility index (Phi) is 7.20. The molecule has 0 unspecified atom stereocenters. The molecule has 3 rings (SSSR count). The average Bonchev–Trinajstić information content (AvgIpc) is 2.72. The van der Waals surface area contributed by atoms with Crippen LogP contribution in [0.1, 0.15) is 21.5 Å². The fraction of sp³-hybridized carbons (Fsp3) is 0.174. The normalized spacial score (nSPS) is 11.1. The Hall–Kier alpha value is -3.03. The molecule has 0 aliphatic heterocycles. The Balaban J connectivity index is 1.62. The Labute approximate surface area is 187 Å². The molecule has 0 atom stereocenters. The molecule has 6 nitrogen and oxygen atoms in total. The SMILES string of the molecule is Cc1cc(C)cc(OCCNC(=O)c2cc(NS(=O)(=O)c3ccccc3)ccc2Cl)c1. The number of rotatable bonds is 8. The predicted octanol–water partition coefficient (Wildman–Crippen LogP) is 4.57. The number of aryl methyl sites for hydroxylation is 2. The molecule has 0 aromatic heterocycles. The maximum atomic E-state index is 12.5. The van der Waals surface area contributed by atoms with Crippen LogP contribution in [-0.4, -0.2) is 27.5 Å². The number of benzene rings is 3. The van der Waals surface area contributed by atoms with E-state index in [1.807, 2.05) is 26.0 Å². The molecule has 0 heterocycles. The molecule has 3 aromatic carbocycles. The predicted molar refractivity (Wildman–Crippen MR) is 122 cm³/mol.